The van der Waals surface area contributed by atoms with Gasteiger partial charge in [0.05, 0.1) is 0 Å². The number of benzene rings is 1. The fourth-order valence-corrected chi connectivity index (χ4v) is 2.37. The SMILES string of the molecule is CCCCCC(CC[SH2+])c1ccccc1.F[P-](F)(F)(F)(F)F. The minimum atomic E-state index is -10.7. The number of hydrogen-bond donors (Lipinski definition) is 0. The minimum absolute atomic E-state index is 0.746. The van der Waals surface area contributed by atoms with Crippen LogP contribution < -0.4 is 0 Å². The van der Waals surface area contributed by atoms with Crippen LogP contribution in [-0.4, -0.2) is 5.75 Å². The van der Waals surface area contributed by atoms with Crippen LogP contribution in [0, 0.1) is 0 Å². The maximum atomic E-state index is 9.87. The maximum absolute atomic E-state index is 10.7. The molecule has 0 N–H and O–H groups in total. The van der Waals surface area contributed by atoms with E-state index in [4.69, 9.17) is 0 Å². The number of unbranched alkanes of at least 4 members (excludes halogenated alkanes) is 2. The molecule has 0 nitrogen and oxygen atoms in total. The molecule has 0 heterocycles. The monoisotopic (exact) mass is 368 g/mol. The topological polar surface area (TPSA) is 0 Å². The third-order valence-electron chi connectivity index (χ3n) is 2.92. The van der Waals surface area contributed by atoms with Crippen LogP contribution in [0.1, 0.15) is 50.5 Å². The van der Waals surface area contributed by atoms with E-state index in [0.717, 1.165) is 11.7 Å². The summed E-state index contributed by atoms with van der Waals surface area (Å²) >= 11 is 3.60. The first-order valence-electron chi connectivity index (χ1n) is 7.09. The summed E-state index contributed by atoms with van der Waals surface area (Å²) in [4.78, 5) is 0. The first-order valence-corrected chi connectivity index (χ1v) is 9.83. The molecular formula is C14H23F6PS. The van der Waals surface area contributed by atoms with E-state index in [-0.39, 0.29) is 0 Å². The Kier molecular flexibility index (Phi) is 7.76. The average molecular weight is 368 g/mol. The van der Waals surface area contributed by atoms with E-state index in [1.54, 1.807) is 0 Å². The van der Waals surface area contributed by atoms with Gasteiger partial charge in [-0.15, -0.1) is 0 Å². The summed E-state index contributed by atoms with van der Waals surface area (Å²) in [5.41, 5.74) is 1.51. The Morgan fingerprint density at radius 3 is 1.82 bits per heavy atom. The summed E-state index contributed by atoms with van der Waals surface area (Å²) in [6, 6.07) is 10.9. The van der Waals surface area contributed by atoms with Crippen LogP contribution in [0.25, 0.3) is 0 Å². The molecule has 0 fully saturated rings. The summed E-state index contributed by atoms with van der Waals surface area (Å²) in [7, 11) is -10.7. The van der Waals surface area contributed by atoms with Gasteiger partial charge in [0, 0.05) is 0 Å². The van der Waals surface area contributed by atoms with Crippen LogP contribution in [-0.2, 0) is 12.6 Å². The summed E-state index contributed by atoms with van der Waals surface area (Å²) < 4.78 is 59.2. The first kappa shape index (κ1) is 21.6. The summed E-state index contributed by atoms with van der Waals surface area (Å²) in [5.74, 6) is 1.85. The first-order chi connectivity index (χ1) is 9.83. The third kappa shape index (κ3) is 17.6. The fourth-order valence-electron chi connectivity index (χ4n) is 2.02. The Hall–Kier alpha value is -0.420. The molecule has 1 unspecified atom stereocenters. The molecule has 0 radical (unpaired) electrons. The van der Waals surface area contributed by atoms with Crippen molar-refractivity contribution in [3.8, 4) is 0 Å². The zero-order chi connectivity index (χ0) is 17.3. The predicted octanol–water partition coefficient (Wildman–Crippen LogP) is 7.13. The van der Waals surface area contributed by atoms with E-state index >= 15 is 0 Å². The molecule has 0 saturated carbocycles. The Balaban J connectivity index is 0.000000534. The van der Waals surface area contributed by atoms with Crippen molar-refractivity contribution in [2.45, 2.75) is 44.9 Å². The van der Waals surface area contributed by atoms with Crippen molar-refractivity contribution in [3.05, 3.63) is 35.9 Å². The van der Waals surface area contributed by atoms with Crippen molar-refractivity contribution in [2.24, 2.45) is 0 Å². The molecule has 1 rings (SSSR count). The van der Waals surface area contributed by atoms with Gasteiger partial charge in [0.15, 0.2) is 0 Å². The van der Waals surface area contributed by atoms with Gasteiger partial charge in [-0.1, -0.05) is 56.5 Å². The fraction of sp³-hybridized carbons (Fsp3) is 0.571. The molecule has 0 amide bonds. The molecule has 0 aromatic heterocycles. The van der Waals surface area contributed by atoms with E-state index in [2.05, 4.69) is 49.9 Å². The van der Waals surface area contributed by atoms with Crippen LogP contribution in [0.4, 0.5) is 25.2 Å². The molecule has 1 atom stereocenters. The van der Waals surface area contributed by atoms with Gasteiger partial charge in [-0.05, 0) is 37.0 Å². The van der Waals surface area contributed by atoms with E-state index in [9.17, 15) is 25.2 Å². The standard InChI is InChI=1S/C14H22S.F6P/c1-2-3-5-8-14(11-12-15)13-9-6-4-7-10-13;1-7(2,3,4,5)6/h4,6-7,9-10,14-15H,2-3,5,8,11-12H2,1H3;/q;-1/p+1. The van der Waals surface area contributed by atoms with Crippen LogP contribution in [0.15, 0.2) is 30.3 Å². The molecule has 0 saturated heterocycles. The van der Waals surface area contributed by atoms with Crippen LogP contribution in [0.5, 0.6) is 0 Å². The van der Waals surface area contributed by atoms with Gasteiger partial charge in [0.25, 0.3) is 0 Å². The van der Waals surface area contributed by atoms with Gasteiger partial charge in [-0.3, -0.25) is 0 Å². The molecular weight excluding hydrogens is 345 g/mol. The van der Waals surface area contributed by atoms with Gasteiger partial charge in [-0.25, -0.2) is 0 Å². The normalized spacial score (nSPS) is 16.0. The van der Waals surface area contributed by atoms with Gasteiger partial charge in [0.2, 0.25) is 0 Å². The molecule has 1 aromatic carbocycles. The molecule has 0 aliphatic heterocycles. The molecule has 22 heavy (non-hydrogen) atoms. The Bertz CT molecular complexity index is 405. The Morgan fingerprint density at radius 2 is 1.41 bits per heavy atom. The summed E-state index contributed by atoms with van der Waals surface area (Å²) in [6.07, 6.45) is 6.63. The second kappa shape index (κ2) is 7.91. The van der Waals surface area contributed by atoms with Crippen LogP contribution >= 0.6 is 7.81 Å². The van der Waals surface area contributed by atoms with Crippen molar-refractivity contribution in [1.29, 1.82) is 0 Å². The molecule has 8 heteroatoms. The van der Waals surface area contributed by atoms with Gasteiger partial charge in [0.1, 0.15) is 5.75 Å². The number of halogens is 6. The van der Waals surface area contributed by atoms with Crippen molar-refractivity contribution in [1.82, 2.24) is 0 Å². The molecule has 0 aliphatic carbocycles. The molecule has 132 valence electrons. The predicted molar refractivity (Wildman–Crippen MR) is 86.5 cm³/mol. The Labute approximate surface area is 132 Å². The van der Waals surface area contributed by atoms with Crippen molar-refractivity contribution >= 4 is 20.4 Å². The van der Waals surface area contributed by atoms with Crippen LogP contribution in [0.2, 0.25) is 0 Å². The van der Waals surface area contributed by atoms with Crippen LogP contribution in [0.3, 0.4) is 0 Å². The second-order valence-electron chi connectivity index (χ2n) is 5.10. The zero-order valence-electron chi connectivity index (χ0n) is 12.4. The number of rotatable bonds is 7. The van der Waals surface area contributed by atoms with Gasteiger partial charge in [-0.2, -0.15) is 0 Å². The average Bonchev–Trinajstić information content (AvgIpc) is 2.35. The summed E-state index contributed by atoms with van der Waals surface area (Å²) in [6.45, 7) is 2.27. The van der Waals surface area contributed by atoms with Crippen molar-refractivity contribution in [3.63, 3.8) is 0 Å². The third-order valence-corrected chi connectivity index (χ3v) is 3.21. The Morgan fingerprint density at radius 1 is 0.909 bits per heavy atom. The van der Waals surface area contributed by atoms with E-state index < -0.39 is 7.81 Å². The molecule has 0 bridgehead atoms. The van der Waals surface area contributed by atoms with E-state index in [0.29, 0.717) is 0 Å². The molecule has 0 aliphatic rings. The van der Waals surface area contributed by atoms with E-state index in [1.165, 1.54) is 37.7 Å². The zero-order valence-corrected chi connectivity index (χ0v) is 14.3. The van der Waals surface area contributed by atoms with Gasteiger partial charge < -0.3 is 0 Å². The van der Waals surface area contributed by atoms with E-state index in [1.807, 2.05) is 0 Å². The quantitative estimate of drug-likeness (QED) is 0.208. The molecule has 0 spiro atoms. The number of hydrogen-bond acceptors (Lipinski definition) is 0. The second-order valence-corrected chi connectivity index (χ2v) is 7.52. The van der Waals surface area contributed by atoms with Crippen molar-refractivity contribution in [2.75, 3.05) is 5.75 Å². The molecule has 1 aromatic rings. The van der Waals surface area contributed by atoms with Gasteiger partial charge >= 0.3 is 33.0 Å². The van der Waals surface area contributed by atoms with Crippen molar-refractivity contribution < 1.29 is 25.2 Å². The summed E-state index contributed by atoms with van der Waals surface area (Å²) in [5, 5.41) is 0.